The lowest BCUT2D eigenvalue weighted by atomic mass is 9.79. The van der Waals surface area contributed by atoms with Crippen LogP contribution in [0, 0.1) is 53.1 Å². The van der Waals surface area contributed by atoms with Crippen molar-refractivity contribution in [3.05, 3.63) is 98.3 Å². The number of hydrogen-bond acceptors (Lipinski definition) is 6. The molecule has 0 radical (unpaired) electrons. The van der Waals surface area contributed by atoms with E-state index in [0.29, 0.717) is 52.5 Å². The summed E-state index contributed by atoms with van der Waals surface area (Å²) in [5.41, 5.74) is 4.43. The summed E-state index contributed by atoms with van der Waals surface area (Å²) >= 11 is 13.1. The number of fused-ring (bicyclic) bond motifs is 4. The number of nitrogens with zero attached hydrogens (tertiary/aromatic N) is 5. The summed E-state index contributed by atoms with van der Waals surface area (Å²) < 4.78 is 40.7. The Hall–Kier alpha value is -4.58. The molecule has 5 aromatic rings. The predicted molar refractivity (Wildman–Crippen MR) is 202 cm³/mol. The number of carbonyl (C=O) groups is 1. The molecule has 274 valence electrons. The van der Waals surface area contributed by atoms with Gasteiger partial charge in [-0.2, -0.15) is 10.5 Å². The lowest BCUT2D eigenvalue weighted by Gasteiger charge is -2.39. The first-order valence-corrected chi connectivity index (χ1v) is 19.2. The summed E-state index contributed by atoms with van der Waals surface area (Å²) in [7, 11) is 0. The van der Waals surface area contributed by atoms with Gasteiger partial charge in [0.1, 0.15) is 11.3 Å². The van der Waals surface area contributed by atoms with Crippen LogP contribution in [0.25, 0.3) is 32.9 Å². The number of pyridine rings is 1. The number of aromatic nitrogens is 2. The first-order chi connectivity index (χ1) is 26.2. The minimum absolute atomic E-state index is 0.0415. The van der Waals surface area contributed by atoms with E-state index in [9.17, 15) is 19.7 Å². The number of rotatable bonds is 9. The van der Waals surface area contributed by atoms with Gasteiger partial charge in [-0.3, -0.25) is 4.79 Å². The molecule has 3 aromatic carbocycles. The van der Waals surface area contributed by atoms with Crippen molar-refractivity contribution in [3.63, 3.8) is 0 Å². The number of hydrogen-bond donors (Lipinski definition) is 1. The third kappa shape index (κ3) is 5.66. The highest BCUT2D eigenvalue weighted by Gasteiger charge is 2.51. The van der Waals surface area contributed by atoms with Gasteiger partial charge in [0.15, 0.2) is 5.82 Å². The lowest BCUT2D eigenvalue weighted by molar-refractivity contribution is -0.134. The average molecular weight is 766 g/mol. The van der Waals surface area contributed by atoms with Crippen molar-refractivity contribution in [2.75, 3.05) is 13.1 Å². The quantitative estimate of drug-likeness (QED) is 0.161. The fraction of sp³-hybridized carbons (Fsp3) is 0.381. The minimum Gasteiger partial charge on any atom is -0.371 e. The number of benzene rings is 3. The van der Waals surface area contributed by atoms with E-state index in [2.05, 4.69) is 28.1 Å². The molecule has 5 heterocycles. The van der Waals surface area contributed by atoms with Gasteiger partial charge in [0, 0.05) is 76.7 Å². The number of nitrogens with one attached hydrogen (secondary N) is 1. The molecule has 12 heteroatoms. The summed E-state index contributed by atoms with van der Waals surface area (Å²) in [5, 5.41) is 24.9. The number of halogens is 4. The van der Waals surface area contributed by atoms with Crippen LogP contribution >= 0.6 is 23.2 Å². The largest absolute Gasteiger partial charge is 0.371 e. The van der Waals surface area contributed by atoms with Crippen LogP contribution in [0.1, 0.15) is 72.3 Å². The molecule has 54 heavy (non-hydrogen) atoms. The average Bonchev–Trinajstić information content (AvgIpc) is 3.45. The van der Waals surface area contributed by atoms with Crippen molar-refractivity contribution in [3.8, 4) is 23.3 Å². The fourth-order valence-electron chi connectivity index (χ4n) is 9.12. The zero-order valence-electron chi connectivity index (χ0n) is 29.5. The highest BCUT2D eigenvalue weighted by molar-refractivity contribution is 6.43. The van der Waals surface area contributed by atoms with Gasteiger partial charge in [0.2, 0.25) is 5.91 Å². The van der Waals surface area contributed by atoms with Crippen LogP contribution in [0.5, 0.6) is 0 Å². The number of likely N-dealkylation sites (tertiary alicyclic amines) is 1. The van der Waals surface area contributed by atoms with Gasteiger partial charge in [-0.25, -0.2) is 13.8 Å². The molecule has 10 rings (SSSR count). The smallest absolute Gasteiger partial charge is 0.226 e. The molecule has 5 atom stereocenters. The van der Waals surface area contributed by atoms with E-state index >= 15 is 4.39 Å². The first kappa shape index (κ1) is 35.1. The van der Waals surface area contributed by atoms with E-state index in [-0.39, 0.29) is 70.2 Å². The molecule has 5 unspecified atom stereocenters. The molecule has 2 aromatic heterocycles. The molecule has 2 aliphatic carbocycles. The second-order valence-corrected chi connectivity index (χ2v) is 15.9. The zero-order valence-corrected chi connectivity index (χ0v) is 31.0. The molecule has 1 amide bonds. The number of aryl methyl sites for hydroxylation is 2. The van der Waals surface area contributed by atoms with Crippen LogP contribution in [-0.2, 0) is 22.6 Å². The fourth-order valence-corrected chi connectivity index (χ4v) is 9.51. The van der Waals surface area contributed by atoms with E-state index in [1.165, 1.54) is 12.1 Å². The molecule has 2 bridgehead atoms. The molecule has 5 aliphatic rings. The topological polar surface area (TPSA) is 107 Å². The van der Waals surface area contributed by atoms with Crippen LogP contribution in [0.3, 0.4) is 0 Å². The van der Waals surface area contributed by atoms with Crippen LogP contribution in [-0.4, -0.2) is 45.6 Å². The van der Waals surface area contributed by atoms with E-state index in [0.717, 1.165) is 42.4 Å². The Bertz CT molecular complexity index is 2450. The predicted octanol–water partition coefficient (Wildman–Crippen LogP) is 8.88. The Morgan fingerprint density at radius 2 is 1.91 bits per heavy atom. The van der Waals surface area contributed by atoms with Crippen LogP contribution < -0.4 is 5.32 Å². The van der Waals surface area contributed by atoms with Crippen LogP contribution in [0.4, 0.5) is 8.78 Å². The van der Waals surface area contributed by atoms with Crippen molar-refractivity contribution in [2.24, 2.45) is 11.8 Å². The molecule has 5 fully saturated rings. The van der Waals surface area contributed by atoms with Crippen molar-refractivity contribution < 1.29 is 18.3 Å². The number of carbonyl (C=O) groups excluding carboxylic acids is 1. The molecule has 8 nitrogen and oxygen atoms in total. The zero-order chi connectivity index (χ0) is 37.4. The molecule has 2 saturated carbocycles. The second kappa shape index (κ2) is 13.6. The van der Waals surface area contributed by atoms with Gasteiger partial charge in [-0.15, -0.1) is 0 Å². The van der Waals surface area contributed by atoms with E-state index < -0.39 is 17.7 Å². The second-order valence-electron chi connectivity index (χ2n) is 15.1. The summed E-state index contributed by atoms with van der Waals surface area (Å²) in [4.78, 5) is 20.8. The summed E-state index contributed by atoms with van der Waals surface area (Å²) in [6.07, 6.45) is 3.24. The SMILES string of the molecule is Cc1nc2c(F)c(-c3cccc(Cl)c3Cl)c(CCC#N)cc2c2c1cc(C1CC(OCc3c(F)cccc3C#N)CN1C(=O)C1CC1)n2C1C2CNC1C2. The van der Waals surface area contributed by atoms with E-state index in [1.54, 1.807) is 24.3 Å². The van der Waals surface area contributed by atoms with Crippen molar-refractivity contribution in [2.45, 2.75) is 76.3 Å². The normalized spacial score (nSPS) is 23.2. The maximum atomic E-state index is 17.2. The Kier molecular flexibility index (Phi) is 8.86. The molecule has 1 N–H and O–H groups in total. The molecular formula is C42H36Cl2F2N6O2. The van der Waals surface area contributed by atoms with Gasteiger partial charge in [0.25, 0.3) is 0 Å². The van der Waals surface area contributed by atoms with Gasteiger partial charge >= 0.3 is 0 Å². The Balaban J connectivity index is 1.22. The van der Waals surface area contributed by atoms with Crippen molar-refractivity contribution >= 4 is 50.9 Å². The first-order valence-electron chi connectivity index (χ1n) is 18.5. The van der Waals surface area contributed by atoms with Crippen molar-refractivity contribution in [1.29, 1.82) is 10.5 Å². The lowest BCUT2D eigenvalue weighted by Crippen LogP contribution is -2.41. The Morgan fingerprint density at radius 1 is 1.09 bits per heavy atom. The van der Waals surface area contributed by atoms with Gasteiger partial charge in [0.05, 0.1) is 58.1 Å². The molecule has 3 aliphatic heterocycles. The van der Waals surface area contributed by atoms with Crippen LogP contribution in [0.2, 0.25) is 10.0 Å². The standard InChI is InChI=1S/C42H36Cl2F2N6O2/c1-21-28-16-35(34-15-26(19-51(34)42(53)22-10-11-22)54-20-30-24(17-48)5-2-9-32(30)45)52(40-25-14-33(40)49-18-25)41(28)29-13-23(6-4-12-47)36(38(46)39(29)50-21)27-7-3-8-31(43)37(27)44/h2-3,5,7-9,13,16,22,25-26,33-34,40,49H,4,6,10-11,14-15,18-20H2,1H3. The number of amides is 1. The molecule has 3 saturated heterocycles. The van der Waals surface area contributed by atoms with Crippen molar-refractivity contribution in [1.82, 2.24) is 19.8 Å². The maximum absolute atomic E-state index is 17.2. The summed E-state index contributed by atoms with van der Waals surface area (Å²) in [6, 6.07) is 17.8. The molecular weight excluding hydrogens is 729 g/mol. The number of ether oxygens (including phenoxy) is 1. The van der Waals surface area contributed by atoms with Gasteiger partial charge in [-0.05, 0) is 74.4 Å². The van der Waals surface area contributed by atoms with Crippen LogP contribution in [0.15, 0.2) is 48.5 Å². The maximum Gasteiger partial charge on any atom is 0.226 e. The number of nitriles is 2. The third-order valence-corrected chi connectivity index (χ3v) is 12.8. The monoisotopic (exact) mass is 764 g/mol. The molecule has 0 spiro atoms. The highest BCUT2D eigenvalue weighted by atomic mass is 35.5. The Labute approximate surface area is 321 Å². The summed E-state index contributed by atoms with van der Waals surface area (Å²) in [6.45, 7) is 2.99. The van der Waals surface area contributed by atoms with Gasteiger partial charge < -0.3 is 19.5 Å². The van der Waals surface area contributed by atoms with E-state index in [4.69, 9.17) is 32.9 Å². The summed E-state index contributed by atoms with van der Waals surface area (Å²) in [5.74, 6) is -0.635. The van der Waals surface area contributed by atoms with E-state index in [1.807, 2.05) is 17.9 Å². The van der Waals surface area contributed by atoms with Gasteiger partial charge in [-0.1, -0.05) is 41.4 Å². The Morgan fingerprint density at radius 3 is 2.63 bits per heavy atom. The minimum atomic E-state index is -0.525. The third-order valence-electron chi connectivity index (χ3n) is 11.9. The highest BCUT2D eigenvalue weighted by Crippen LogP contribution is 2.51.